The molecular weight excluding hydrogens is 681 g/mol. The van der Waals surface area contributed by atoms with Crippen molar-refractivity contribution in [2.45, 2.75) is 0 Å². The number of para-hydroxylation sites is 3. The zero-order valence-corrected chi connectivity index (χ0v) is 30.3. The zero-order chi connectivity index (χ0) is 36.7. The fourth-order valence-electron chi connectivity index (χ4n) is 9.20. The topological polar surface area (TPSA) is 26.3 Å². The third-order valence-electron chi connectivity index (χ3n) is 11.7. The summed E-state index contributed by atoms with van der Waals surface area (Å²) in [5.74, 6) is 0. The molecule has 56 heavy (non-hydrogen) atoms. The second-order valence-electron chi connectivity index (χ2n) is 14.7. The molecule has 0 radical (unpaired) electrons. The molecule has 10 aromatic carbocycles. The number of hydrogen-bond donors (Lipinski definition) is 0. The van der Waals surface area contributed by atoms with E-state index in [1.165, 1.54) is 49.2 Å². The van der Waals surface area contributed by atoms with Crippen molar-refractivity contribution in [3.8, 4) is 44.5 Å². The van der Waals surface area contributed by atoms with Crippen LogP contribution in [0.1, 0.15) is 0 Å². The Balaban J connectivity index is 1.04. The lowest BCUT2D eigenvalue weighted by Gasteiger charge is -2.18. The molecule has 0 aliphatic rings. The van der Waals surface area contributed by atoms with Gasteiger partial charge in [0.25, 0.3) is 0 Å². The highest BCUT2D eigenvalue weighted by molar-refractivity contribution is 6.25. The van der Waals surface area contributed by atoms with Gasteiger partial charge in [0.05, 0.1) is 0 Å². The summed E-state index contributed by atoms with van der Waals surface area (Å²) in [5.41, 5.74) is 13.0. The van der Waals surface area contributed by atoms with Crippen LogP contribution >= 0.6 is 0 Å². The highest BCUT2D eigenvalue weighted by atomic mass is 16.3. The number of hydrogen-bond acceptors (Lipinski definition) is 2. The molecule has 0 amide bonds. The quantitative estimate of drug-likeness (QED) is 0.170. The lowest BCUT2D eigenvalue weighted by Crippen LogP contribution is -1.91. The third kappa shape index (κ3) is 4.50. The van der Waals surface area contributed by atoms with Gasteiger partial charge in [-0.15, -0.1) is 0 Å². The molecule has 0 bridgehead atoms. The van der Waals surface area contributed by atoms with Crippen LogP contribution in [0.3, 0.4) is 0 Å². The molecule has 12 rings (SSSR count). The van der Waals surface area contributed by atoms with E-state index in [-0.39, 0.29) is 0 Å². The minimum atomic E-state index is 0.908. The summed E-state index contributed by atoms with van der Waals surface area (Å²) in [6.45, 7) is 0. The monoisotopic (exact) mass is 712 g/mol. The molecule has 0 saturated carbocycles. The van der Waals surface area contributed by atoms with Crippen molar-refractivity contribution in [3.63, 3.8) is 0 Å². The Labute approximate surface area is 322 Å². The molecule has 2 heterocycles. The molecule has 2 nitrogen and oxygen atoms in total. The smallest absolute Gasteiger partial charge is 0.143 e. The lowest BCUT2D eigenvalue weighted by molar-refractivity contribution is 0.670. The predicted molar refractivity (Wildman–Crippen MR) is 235 cm³/mol. The van der Waals surface area contributed by atoms with Gasteiger partial charge in [0.1, 0.15) is 22.3 Å². The van der Waals surface area contributed by atoms with Crippen molar-refractivity contribution < 1.29 is 8.83 Å². The SMILES string of the molecule is c1ccc(-c2cccc3c2oc2ccccc23)c(-c2ccc(-c3c4ccccc4c(-c4cccc5c4oc4c6ccccc6ccc54)c4ccccc34)cc2)c1. The van der Waals surface area contributed by atoms with Crippen LogP contribution in [-0.2, 0) is 0 Å². The van der Waals surface area contributed by atoms with E-state index in [0.29, 0.717) is 0 Å². The first-order valence-electron chi connectivity index (χ1n) is 19.2. The van der Waals surface area contributed by atoms with Gasteiger partial charge in [-0.1, -0.05) is 182 Å². The number of rotatable bonds is 4. The predicted octanol–water partition coefficient (Wildman–Crippen LogP) is 15.6. The lowest BCUT2D eigenvalue weighted by atomic mass is 9.85. The van der Waals surface area contributed by atoms with Crippen LogP contribution in [0.2, 0.25) is 0 Å². The summed E-state index contributed by atoms with van der Waals surface area (Å²) in [7, 11) is 0. The van der Waals surface area contributed by atoms with Crippen LogP contribution in [0.25, 0.3) is 121 Å². The molecule has 0 saturated heterocycles. The second kappa shape index (κ2) is 12.0. The summed E-state index contributed by atoms with van der Waals surface area (Å²) < 4.78 is 13.4. The highest BCUT2D eigenvalue weighted by Gasteiger charge is 2.21. The van der Waals surface area contributed by atoms with E-state index in [1.807, 2.05) is 12.1 Å². The van der Waals surface area contributed by atoms with Crippen molar-refractivity contribution in [2.24, 2.45) is 0 Å². The van der Waals surface area contributed by atoms with E-state index in [4.69, 9.17) is 8.83 Å². The van der Waals surface area contributed by atoms with Crippen LogP contribution < -0.4 is 0 Å². The molecular formula is C54H32O2. The van der Waals surface area contributed by atoms with Crippen molar-refractivity contribution in [3.05, 3.63) is 194 Å². The molecule has 0 aliphatic carbocycles. The maximum Gasteiger partial charge on any atom is 0.143 e. The number of benzene rings is 10. The third-order valence-corrected chi connectivity index (χ3v) is 11.7. The molecule has 2 aromatic heterocycles. The Morgan fingerprint density at radius 1 is 0.232 bits per heavy atom. The molecule has 0 fully saturated rings. The van der Waals surface area contributed by atoms with E-state index >= 15 is 0 Å². The molecule has 12 aromatic rings. The van der Waals surface area contributed by atoms with Gasteiger partial charge in [-0.25, -0.2) is 0 Å². The average Bonchev–Trinajstić information content (AvgIpc) is 3.85. The van der Waals surface area contributed by atoms with Gasteiger partial charge < -0.3 is 8.83 Å². The van der Waals surface area contributed by atoms with Gasteiger partial charge >= 0.3 is 0 Å². The number of fused-ring (bicyclic) bond motifs is 10. The Bertz CT molecular complexity index is 3470. The first-order chi connectivity index (χ1) is 27.8. The van der Waals surface area contributed by atoms with Gasteiger partial charge in [-0.2, -0.15) is 0 Å². The minimum absolute atomic E-state index is 0.908. The van der Waals surface area contributed by atoms with E-state index < -0.39 is 0 Å². The van der Waals surface area contributed by atoms with Crippen molar-refractivity contribution in [2.75, 3.05) is 0 Å². The van der Waals surface area contributed by atoms with Gasteiger partial charge in [0.2, 0.25) is 0 Å². The molecule has 0 unspecified atom stereocenters. The summed E-state index contributed by atoms with van der Waals surface area (Å²) in [5, 5.41) is 11.7. The summed E-state index contributed by atoms with van der Waals surface area (Å²) in [6, 6.07) is 69.6. The minimum Gasteiger partial charge on any atom is -0.455 e. The zero-order valence-electron chi connectivity index (χ0n) is 30.3. The Morgan fingerprint density at radius 2 is 0.714 bits per heavy atom. The van der Waals surface area contributed by atoms with Crippen LogP contribution in [0, 0.1) is 0 Å². The average molecular weight is 713 g/mol. The van der Waals surface area contributed by atoms with E-state index in [0.717, 1.165) is 71.5 Å². The van der Waals surface area contributed by atoms with Gasteiger partial charge in [-0.3, -0.25) is 0 Å². The van der Waals surface area contributed by atoms with E-state index in [2.05, 4.69) is 182 Å². The fourth-order valence-corrected chi connectivity index (χ4v) is 9.20. The Hall–Kier alpha value is -7.42. The highest BCUT2D eigenvalue weighted by Crippen LogP contribution is 2.48. The van der Waals surface area contributed by atoms with Gasteiger partial charge in [0, 0.05) is 43.6 Å². The first kappa shape index (κ1) is 31.0. The summed E-state index contributed by atoms with van der Waals surface area (Å²) in [4.78, 5) is 0. The van der Waals surface area contributed by atoms with Crippen LogP contribution in [0.4, 0.5) is 0 Å². The number of furan rings is 2. The van der Waals surface area contributed by atoms with Crippen LogP contribution in [0.15, 0.2) is 203 Å². The van der Waals surface area contributed by atoms with Crippen LogP contribution in [-0.4, -0.2) is 0 Å². The van der Waals surface area contributed by atoms with E-state index in [9.17, 15) is 0 Å². The Kier molecular flexibility index (Phi) is 6.66. The molecule has 2 heteroatoms. The van der Waals surface area contributed by atoms with Crippen molar-refractivity contribution in [1.82, 2.24) is 0 Å². The normalized spacial score (nSPS) is 11.9. The van der Waals surface area contributed by atoms with E-state index in [1.54, 1.807) is 0 Å². The molecule has 0 aliphatic heterocycles. The molecule has 0 N–H and O–H groups in total. The van der Waals surface area contributed by atoms with Crippen molar-refractivity contribution >= 4 is 76.2 Å². The Morgan fingerprint density at radius 3 is 1.45 bits per heavy atom. The second-order valence-corrected chi connectivity index (χ2v) is 14.7. The fraction of sp³-hybridized carbons (Fsp3) is 0. The van der Waals surface area contributed by atoms with Gasteiger partial charge in [0.15, 0.2) is 0 Å². The van der Waals surface area contributed by atoms with Gasteiger partial charge in [-0.05, 0) is 66.9 Å². The van der Waals surface area contributed by atoms with Crippen LogP contribution in [0.5, 0.6) is 0 Å². The maximum atomic E-state index is 6.89. The summed E-state index contributed by atoms with van der Waals surface area (Å²) >= 11 is 0. The standard InChI is InChI=1S/C54H32O2/c1-2-15-37-33(13-1)31-32-47-46-24-12-25-48(54(46)56-52(37)47)51-42-20-7-5-18-40(42)50(41-19-6-8-21-43(41)51)35-29-27-34(28-30-35)36-14-3-4-16-38(36)44-22-11-23-45-39-17-9-10-26-49(39)55-53(44)45/h1-32H. The first-order valence-corrected chi connectivity index (χ1v) is 19.2. The molecule has 260 valence electrons. The maximum absolute atomic E-state index is 6.89. The summed E-state index contributed by atoms with van der Waals surface area (Å²) in [6.07, 6.45) is 0. The molecule has 0 spiro atoms. The van der Waals surface area contributed by atoms with Crippen molar-refractivity contribution in [1.29, 1.82) is 0 Å². The molecule has 0 atom stereocenters. The largest absolute Gasteiger partial charge is 0.455 e.